The van der Waals surface area contributed by atoms with Crippen molar-refractivity contribution < 1.29 is 17.9 Å². The Morgan fingerprint density at radius 1 is 1.07 bits per heavy atom. The fourth-order valence-corrected chi connectivity index (χ4v) is 4.52. The van der Waals surface area contributed by atoms with Crippen molar-refractivity contribution >= 4 is 21.9 Å². The molecule has 2 N–H and O–H groups in total. The van der Waals surface area contributed by atoms with Gasteiger partial charge >= 0.3 is 0 Å². The standard InChI is InChI=1S/C18H36N6O4S/c1-5-19-17(20-15-18(2,3)21-29(4,26)27)24-8-6-22(7-9-24)14-16(25)23-10-12-28-13-11-23/h21H,5-15H2,1-4H3,(H,19,20). The van der Waals surface area contributed by atoms with Crippen LogP contribution < -0.4 is 10.0 Å². The molecule has 0 radical (unpaired) electrons. The van der Waals surface area contributed by atoms with Crippen molar-refractivity contribution in [3.8, 4) is 0 Å². The van der Waals surface area contributed by atoms with Crippen LogP contribution in [-0.4, -0.2) is 119 Å². The number of carbonyl (C=O) groups excluding carboxylic acids is 1. The maximum atomic E-state index is 12.4. The van der Waals surface area contributed by atoms with E-state index in [2.05, 4.69) is 24.8 Å². The lowest BCUT2D eigenvalue weighted by Gasteiger charge is -2.37. The first kappa shape index (κ1) is 23.8. The highest BCUT2D eigenvalue weighted by molar-refractivity contribution is 7.88. The second kappa shape index (κ2) is 10.6. The van der Waals surface area contributed by atoms with Crippen LogP contribution >= 0.6 is 0 Å². The minimum absolute atomic E-state index is 0.163. The first-order valence-corrected chi connectivity index (χ1v) is 12.1. The molecule has 2 saturated heterocycles. The normalized spacial score (nSPS) is 20.1. The number of hydrogen-bond acceptors (Lipinski definition) is 6. The van der Waals surface area contributed by atoms with Crippen molar-refractivity contribution in [2.24, 2.45) is 4.99 Å². The molecule has 2 fully saturated rings. The Hall–Kier alpha value is -1.43. The van der Waals surface area contributed by atoms with E-state index in [0.29, 0.717) is 39.4 Å². The molecule has 1 amide bonds. The maximum absolute atomic E-state index is 12.4. The van der Waals surface area contributed by atoms with Gasteiger partial charge in [0.2, 0.25) is 15.9 Å². The molecular weight excluding hydrogens is 396 g/mol. The van der Waals surface area contributed by atoms with Crippen molar-refractivity contribution in [2.45, 2.75) is 26.3 Å². The Labute approximate surface area is 174 Å². The highest BCUT2D eigenvalue weighted by Crippen LogP contribution is 2.08. The predicted octanol–water partition coefficient (Wildman–Crippen LogP) is -1.24. The molecule has 11 heteroatoms. The van der Waals surface area contributed by atoms with Gasteiger partial charge in [-0.3, -0.25) is 14.7 Å². The van der Waals surface area contributed by atoms with Gasteiger partial charge in [0.25, 0.3) is 0 Å². The molecule has 2 aliphatic rings. The first-order chi connectivity index (χ1) is 13.6. The first-order valence-electron chi connectivity index (χ1n) is 10.2. The van der Waals surface area contributed by atoms with E-state index in [1.807, 2.05) is 25.7 Å². The maximum Gasteiger partial charge on any atom is 0.236 e. The molecule has 0 aromatic carbocycles. The van der Waals surface area contributed by atoms with Crippen LogP contribution in [0.2, 0.25) is 0 Å². The Kier molecular flexibility index (Phi) is 8.68. The third-order valence-corrected chi connectivity index (χ3v) is 5.74. The summed E-state index contributed by atoms with van der Waals surface area (Å²) in [5.74, 6) is 0.936. The zero-order chi connectivity index (χ0) is 21.5. The summed E-state index contributed by atoms with van der Waals surface area (Å²) in [7, 11) is -3.30. The molecule has 168 valence electrons. The number of rotatable bonds is 7. The second-order valence-corrected chi connectivity index (χ2v) is 9.93. The summed E-state index contributed by atoms with van der Waals surface area (Å²) in [4.78, 5) is 23.3. The molecule has 29 heavy (non-hydrogen) atoms. The molecule has 2 aliphatic heterocycles. The van der Waals surface area contributed by atoms with Crippen molar-refractivity contribution in [1.29, 1.82) is 0 Å². The third-order valence-electron chi connectivity index (χ3n) is 4.82. The fraction of sp³-hybridized carbons (Fsp3) is 0.889. The van der Waals surface area contributed by atoms with E-state index in [4.69, 9.17) is 4.74 Å². The number of hydrogen-bond donors (Lipinski definition) is 2. The van der Waals surface area contributed by atoms with Crippen LogP contribution in [0.5, 0.6) is 0 Å². The van der Waals surface area contributed by atoms with Crippen LogP contribution in [0.1, 0.15) is 20.8 Å². The van der Waals surface area contributed by atoms with Gasteiger partial charge < -0.3 is 19.9 Å². The van der Waals surface area contributed by atoms with E-state index in [0.717, 1.165) is 44.9 Å². The zero-order valence-corrected chi connectivity index (χ0v) is 18.9. The molecule has 2 rings (SSSR count). The largest absolute Gasteiger partial charge is 0.378 e. The number of piperazine rings is 1. The van der Waals surface area contributed by atoms with Crippen LogP contribution in [0.15, 0.2) is 4.99 Å². The van der Waals surface area contributed by atoms with Crippen molar-refractivity contribution in [3.63, 3.8) is 0 Å². The second-order valence-electron chi connectivity index (χ2n) is 8.18. The van der Waals surface area contributed by atoms with Gasteiger partial charge in [-0.2, -0.15) is 0 Å². The summed E-state index contributed by atoms with van der Waals surface area (Å²) in [6, 6.07) is 0. The van der Waals surface area contributed by atoms with Gasteiger partial charge in [0.05, 0.1) is 32.6 Å². The van der Waals surface area contributed by atoms with Crippen LogP contribution in [-0.2, 0) is 19.6 Å². The topological polar surface area (TPSA) is 107 Å². The van der Waals surface area contributed by atoms with Crippen LogP contribution in [0.25, 0.3) is 0 Å². The molecule has 0 unspecified atom stereocenters. The Morgan fingerprint density at radius 2 is 1.69 bits per heavy atom. The number of morpholine rings is 1. The Bertz CT molecular complexity index is 668. The quantitative estimate of drug-likeness (QED) is 0.383. The fourth-order valence-electron chi connectivity index (χ4n) is 3.45. The van der Waals surface area contributed by atoms with E-state index < -0.39 is 15.6 Å². The summed E-state index contributed by atoms with van der Waals surface area (Å²) in [6.45, 7) is 12.8. The number of aliphatic imine (C=N–C) groups is 1. The molecule has 2 heterocycles. The molecule has 0 aromatic heterocycles. The lowest BCUT2D eigenvalue weighted by atomic mass is 10.1. The molecule has 0 bridgehead atoms. The SMILES string of the molecule is CCNC(=NCC(C)(C)NS(C)(=O)=O)N1CCN(CC(=O)N2CCOCC2)CC1. The summed E-state index contributed by atoms with van der Waals surface area (Å²) < 4.78 is 31.0. The molecular formula is C18H36N6O4S. The van der Waals surface area contributed by atoms with Crippen molar-refractivity contribution in [1.82, 2.24) is 24.7 Å². The Morgan fingerprint density at radius 3 is 2.24 bits per heavy atom. The van der Waals surface area contributed by atoms with Gasteiger partial charge in [-0.15, -0.1) is 0 Å². The average molecular weight is 433 g/mol. The number of guanidine groups is 1. The lowest BCUT2D eigenvalue weighted by Crippen LogP contribution is -2.55. The average Bonchev–Trinajstić information content (AvgIpc) is 2.64. The summed E-state index contributed by atoms with van der Waals surface area (Å²) in [5, 5.41) is 3.29. The van der Waals surface area contributed by atoms with Gasteiger partial charge in [-0.1, -0.05) is 0 Å². The number of ether oxygens (including phenoxy) is 1. The monoisotopic (exact) mass is 432 g/mol. The third kappa shape index (κ3) is 8.45. The minimum atomic E-state index is -3.30. The summed E-state index contributed by atoms with van der Waals surface area (Å²) in [6.07, 6.45) is 1.15. The van der Waals surface area contributed by atoms with Crippen molar-refractivity contribution in [2.75, 3.05) is 78.4 Å². The summed E-state index contributed by atoms with van der Waals surface area (Å²) in [5.41, 5.74) is -0.666. The minimum Gasteiger partial charge on any atom is -0.378 e. The predicted molar refractivity (Wildman–Crippen MR) is 113 cm³/mol. The lowest BCUT2D eigenvalue weighted by molar-refractivity contribution is -0.136. The van der Waals surface area contributed by atoms with Crippen LogP contribution in [0.3, 0.4) is 0 Å². The molecule has 0 atom stereocenters. The van der Waals surface area contributed by atoms with Gasteiger partial charge in [0.1, 0.15) is 0 Å². The summed E-state index contributed by atoms with van der Waals surface area (Å²) >= 11 is 0. The molecule has 0 aliphatic carbocycles. The number of nitrogens with zero attached hydrogens (tertiary/aromatic N) is 4. The van der Waals surface area contributed by atoms with Gasteiger partial charge in [0.15, 0.2) is 5.96 Å². The number of nitrogens with one attached hydrogen (secondary N) is 2. The highest BCUT2D eigenvalue weighted by Gasteiger charge is 2.26. The smallest absolute Gasteiger partial charge is 0.236 e. The van der Waals surface area contributed by atoms with Gasteiger partial charge in [-0.25, -0.2) is 13.1 Å². The van der Waals surface area contributed by atoms with E-state index in [-0.39, 0.29) is 5.91 Å². The highest BCUT2D eigenvalue weighted by atomic mass is 32.2. The number of amides is 1. The zero-order valence-electron chi connectivity index (χ0n) is 18.1. The molecule has 10 nitrogen and oxygen atoms in total. The van der Waals surface area contributed by atoms with Gasteiger partial charge in [-0.05, 0) is 20.8 Å². The molecule has 0 aromatic rings. The van der Waals surface area contributed by atoms with Crippen molar-refractivity contribution in [3.05, 3.63) is 0 Å². The number of sulfonamides is 1. The van der Waals surface area contributed by atoms with Crippen LogP contribution in [0.4, 0.5) is 0 Å². The van der Waals surface area contributed by atoms with E-state index in [1.54, 1.807) is 0 Å². The van der Waals surface area contributed by atoms with E-state index in [1.165, 1.54) is 0 Å². The Balaban J connectivity index is 1.87. The molecule has 0 saturated carbocycles. The number of carbonyl (C=O) groups is 1. The van der Waals surface area contributed by atoms with Crippen LogP contribution in [0, 0.1) is 0 Å². The van der Waals surface area contributed by atoms with E-state index in [9.17, 15) is 13.2 Å². The molecule has 0 spiro atoms. The van der Waals surface area contributed by atoms with Gasteiger partial charge in [0, 0.05) is 51.4 Å². The van der Waals surface area contributed by atoms with E-state index >= 15 is 0 Å².